The molecule has 0 unspecified atom stereocenters. The number of aliphatic imine (C=N–C) groups is 1. The van der Waals surface area contributed by atoms with Crippen LogP contribution in [-0.2, 0) is 16.6 Å². The lowest BCUT2D eigenvalue weighted by Crippen LogP contribution is -2.42. The average molecular weight is 468 g/mol. The summed E-state index contributed by atoms with van der Waals surface area (Å²) in [7, 11) is -1.89. The third-order valence-corrected chi connectivity index (χ3v) is 4.66. The predicted octanol–water partition coefficient (Wildman–Crippen LogP) is 2.45. The van der Waals surface area contributed by atoms with Crippen molar-refractivity contribution in [1.29, 1.82) is 0 Å². The molecule has 0 aliphatic rings. The second-order valence-corrected chi connectivity index (χ2v) is 8.34. The number of hydrogen-bond acceptors (Lipinski definition) is 3. The van der Waals surface area contributed by atoms with Gasteiger partial charge in [0.1, 0.15) is 0 Å². The normalized spacial score (nSPS) is 12.7. The third-order valence-electron chi connectivity index (χ3n) is 2.80. The molecule has 0 aliphatic carbocycles. The van der Waals surface area contributed by atoms with Crippen molar-refractivity contribution in [2.75, 3.05) is 7.05 Å². The predicted molar refractivity (Wildman–Crippen MR) is 110 cm³/mol. The van der Waals surface area contributed by atoms with Crippen molar-refractivity contribution in [2.24, 2.45) is 4.99 Å². The zero-order chi connectivity index (χ0) is 17.7. The van der Waals surface area contributed by atoms with E-state index in [-0.39, 0.29) is 34.9 Å². The quantitative estimate of drug-likeness (QED) is 0.352. The highest BCUT2D eigenvalue weighted by molar-refractivity contribution is 14.0. The molecule has 138 valence electrons. The monoisotopic (exact) mass is 468 g/mol. The molecule has 0 amide bonds. The summed E-state index contributed by atoms with van der Waals surface area (Å²) in [4.78, 5) is 4.40. The summed E-state index contributed by atoms with van der Waals surface area (Å²) in [6.45, 7) is 9.85. The van der Waals surface area contributed by atoms with Gasteiger partial charge in [-0.05, 0) is 46.2 Å². The molecule has 0 saturated heterocycles. The van der Waals surface area contributed by atoms with E-state index in [1.165, 1.54) is 0 Å². The number of halogens is 1. The van der Waals surface area contributed by atoms with E-state index in [0.717, 1.165) is 0 Å². The van der Waals surface area contributed by atoms with Crippen LogP contribution in [0.1, 0.15) is 40.2 Å². The molecule has 6 nitrogen and oxygen atoms in total. The number of guanidine groups is 1. The maximum Gasteiger partial charge on any atom is 0.241 e. The fraction of sp³-hybridized carbons (Fsp3) is 0.562. The molecule has 0 aromatic heterocycles. The number of benzene rings is 1. The summed E-state index contributed by atoms with van der Waals surface area (Å²) in [5.74, 6) is 0.635. The van der Waals surface area contributed by atoms with Crippen molar-refractivity contribution in [3.05, 3.63) is 29.8 Å². The minimum absolute atomic E-state index is 0. The Morgan fingerprint density at radius 1 is 1.21 bits per heavy atom. The van der Waals surface area contributed by atoms with Crippen LogP contribution in [0.4, 0.5) is 0 Å². The highest BCUT2D eigenvalue weighted by Crippen LogP contribution is 2.17. The molecule has 0 bridgehead atoms. The van der Waals surface area contributed by atoms with Gasteiger partial charge in [0, 0.05) is 25.2 Å². The molecule has 0 radical (unpaired) electrons. The Kier molecular flexibility index (Phi) is 9.22. The standard InChI is InChI=1S/C16H28N4O2S.HI/c1-12(2)19-15(17-6)18-11-13-9-7-8-10-14(13)23(21,22)20-16(3,4)5;/h7-10,12,20H,11H2,1-6H3,(H2,17,18,19);1H. The van der Waals surface area contributed by atoms with Gasteiger partial charge >= 0.3 is 0 Å². The number of rotatable bonds is 5. The van der Waals surface area contributed by atoms with Crippen LogP contribution < -0.4 is 15.4 Å². The molecule has 8 heteroatoms. The second-order valence-electron chi connectivity index (χ2n) is 6.69. The Labute approximate surface area is 163 Å². The molecule has 1 aromatic rings. The molecular weight excluding hydrogens is 439 g/mol. The van der Waals surface area contributed by atoms with Gasteiger partial charge < -0.3 is 10.6 Å². The van der Waals surface area contributed by atoms with Gasteiger partial charge in [-0.1, -0.05) is 18.2 Å². The van der Waals surface area contributed by atoms with Gasteiger partial charge in [0.2, 0.25) is 10.0 Å². The summed E-state index contributed by atoms with van der Waals surface area (Å²) < 4.78 is 27.8. The summed E-state index contributed by atoms with van der Waals surface area (Å²) >= 11 is 0. The topological polar surface area (TPSA) is 82.6 Å². The maximum absolute atomic E-state index is 12.6. The van der Waals surface area contributed by atoms with E-state index < -0.39 is 15.6 Å². The largest absolute Gasteiger partial charge is 0.354 e. The lowest BCUT2D eigenvalue weighted by Gasteiger charge is -2.22. The molecule has 0 spiro atoms. The van der Waals surface area contributed by atoms with Gasteiger partial charge in [-0.15, -0.1) is 24.0 Å². The van der Waals surface area contributed by atoms with Gasteiger partial charge in [0.15, 0.2) is 5.96 Å². The van der Waals surface area contributed by atoms with Crippen molar-refractivity contribution in [3.63, 3.8) is 0 Å². The summed E-state index contributed by atoms with van der Waals surface area (Å²) in [5, 5.41) is 6.31. The van der Waals surface area contributed by atoms with Gasteiger partial charge in [-0.2, -0.15) is 0 Å². The SMILES string of the molecule is CN=C(NCc1ccccc1S(=O)(=O)NC(C)(C)C)NC(C)C.I. The van der Waals surface area contributed by atoms with Gasteiger partial charge in [0.25, 0.3) is 0 Å². The Hall–Kier alpha value is -0.870. The molecule has 0 heterocycles. The first-order valence-electron chi connectivity index (χ1n) is 7.64. The van der Waals surface area contributed by atoms with Crippen LogP contribution in [0.2, 0.25) is 0 Å². The molecule has 0 saturated carbocycles. The van der Waals surface area contributed by atoms with Crippen molar-refractivity contribution in [1.82, 2.24) is 15.4 Å². The van der Waals surface area contributed by atoms with Crippen molar-refractivity contribution in [3.8, 4) is 0 Å². The van der Waals surface area contributed by atoms with E-state index in [1.54, 1.807) is 25.2 Å². The summed E-state index contributed by atoms with van der Waals surface area (Å²) in [5.41, 5.74) is 0.158. The second kappa shape index (κ2) is 9.57. The molecule has 0 aliphatic heterocycles. The number of sulfonamides is 1. The van der Waals surface area contributed by atoms with Crippen LogP contribution in [0.3, 0.4) is 0 Å². The van der Waals surface area contributed by atoms with Gasteiger partial charge in [-0.3, -0.25) is 4.99 Å². The van der Waals surface area contributed by atoms with Gasteiger partial charge in [-0.25, -0.2) is 13.1 Å². The van der Waals surface area contributed by atoms with E-state index in [0.29, 0.717) is 18.1 Å². The van der Waals surface area contributed by atoms with Crippen molar-refractivity contribution >= 4 is 40.0 Å². The fourth-order valence-corrected chi connectivity index (χ4v) is 3.68. The third kappa shape index (κ3) is 7.80. The Morgan fingerprint density at radius 3 is 2.29 bits per heavy atom. The molecular formula is C16H29IN4O2S. The number of nitrogens with zero attached hydrogens (tertiary/aromatic N) is 1. The van der Waals surface area contributed by atoms with Crippen LogP contribution in [0, 0.1) is 0 Å². The zero-order valence-electron chi connectivity index (χ0n) is 15.2. The van der Waals surface area contributed by atoms with Crippen LogP contribution >= 0.6 is 24.0 Å². The van der Waals surface area contributed by atoms with E-state index in [1.807, 2.05) is 40.7 Å². The van der Waals surface area contributed by atoms with E-state index >= 15 is 0 Å². The molecule has 3 N–H and O–H groups in total. The fourth-order valence-electron chi connectivity index (χ4n) is 2.02. The molecule has 1 aromatic carbocycles. The van der Waals surface area contributed by atoms with E-state index in [9.17, 15) is 8.42 Å². The van der Waals surface area contributed by atoms with E-state index in [4.69, 9.17) is 0 Å². The number of nitrogens with one attached hydrogen (secondary N) is 3. The van der Waals surface area contributed by atoms with Crippen LogP contribution in [-0.4, -0.2) is 33.0 Å². The van der Waals surface area contributed by atoms with Crippen LogP contribution in [0.5, 0.6) is 0 Å². The minimum Gasteiger partial charge on any atom is -0.354 e. The van der Waals surface area contributed by atoms with Crippen molar-refractivity contribution < 1.29 is 8.42 Å². The Bertz CT molecular complexity index is 652. The van der Waals surface area contributed by atoms with Gasteiger partial charge in [0.05, 0.1) is 4.90 Å². The first-order chi connectivity index (χ1) is 10.5. The Balaban J connectivity index is 0.00000529. The van der Waals surface area contributed by atoms with E-state index in [2.05, 4.69) is 20.3 Å². The molecule has 0 atom stereocenters. The first-order valence-corrected chi connectivity index (χ1v) is 9.12. The highest BCUT2D eigenvalue weighted by Gasteiger charge is 2.24. The first kappa shape index (κ1) is 23.1. The van der Waals surface area contributed by atoms with Crippen LogP contribution in [0.15, 0.2) is 34.2 Å². The zero-order valence-corrected chi connectivity index (χ0v) is 18.3. The lowest BCUT2D eigenvalue weighted by molar-refractivity contribution is 0.491. The minimum atomic E-state index is -3.58. The Morgan fingerprint density at radius 2 is 1.79 bits per heavy atom. The summed E-state index contributed by atoms with van der Waals surface area (Å²) in [6, 6.07) is 7.20. The van der Waals surface area contributed by atoms with Crippen LogP contribution in [0.25, 0.3) is 0 Å². The molecule has 1 rings (SSSR count). The molecule has 24 heavy (non-hydrogen) atoms. The summed E-state index contributed by atoms with van der Waals surface area (Å²) in [6.07, 6.45) is 0. The number of hydrogen-bond donors (Lipinski definition) is 3. The maximum atomic E-state index is 12.6. The highest BCUT2D eigenvalue weighted by atomic mass is 127. The smallest absolute Gasteiger partial charge is 0.241 e. The molecule has 0 fully saturated rings. The average Bonchev–Trinajstić information content (AvgIpc) is 2.40. The van der Waals surface area contributed by atoms with Crippen molar-refractivity contribution in [2.45, 2.75) is 57.6 Å². The lowest BCUT2D eigenvalue weighted by atomic mass is 10.1.